The summed E-state index contributed by atoms with van der Waals surface area (Å²) < 4.78 is 2.52. The summed E-state index contributed by atoms with van der Waals surface area (Å²) in [6.45, 7) is 7.01. The van der Waals surface area contributed by atoms with Gasteiger partial charge in [-0.15, -0.1) is 0 Å². The van der Waals surface area contributed by atoms with Gasteiger partial charge in [-0.2, -0.15) is 0 Å². The van der Waals surface area contributed by atoms with Crippen LogP contribution in [0.4, 0.5) is 0 Å². The van der Waals surface area contributed by atoms with Crippen LogP contribution < -0.4 is 5.32 Å². The van der Waals surface area contributed by atoms with E-state index >= 15 is 0 Å². The molecule has 1 aromatic rings. The highest BCUT2D eigenvalue weighted by Crippen LogP contribution is 2.57. The molecular weight excluding hydrogens is 192 g/mol. The molecule has 1 aromatic heterocycles. The number of hydrogen-bond acceptors (Lipinski definition) is 2. The van der Waals surface area contributed by atoms with Gasteiger partial charge in [0.25, 0.3) is 0 Å². The third kappa shape index (κ3) is 0.898. The number of nitrogens with one attached hydrogen (secondary N) is 1. The van der Waals surface area contributed by atoms with E-state index in [-0.39, 0.29) is 0 Å². The van der Waals surface area contributed by atoms with Crippen LogP contribution in [0.25, 0.3) is 0 Å². The Morgan fingerprint density at radius 1 is 1.50 bits per heavy atom. The molecule has 3 heterocycles. The van der Waals surface area contributed by atoms with E-state index in [1.807, 2.05) is 11.5 Å². The Balaban J connectivity index is 1.75. The largest absolute Gasteiger partial charge is 0.311 e. The molecular formula is C11H18N2S. The minimum absolute atomic E-state index is 0.515. The topological polar surface area (TPSA) is 17.0 Å². The Labute approximate surface area is 89.5 Å². The van der Waals surface area contributed by atoms with Gasteiger partial charge in [0.15, 0.2) is 0 Å². The summed E-state index contributed by atoms with van der Waals surface area (Å²) in [6, 6.07) is 0. The molecule has 0 saturated carbocycles. The Morgan fingerprint density at radius 2 is 2.29 bits per heavy atom. The molecule has 3 heteroatoms. The van der Waals surface area contributed by atoms with Gasteiger partial charge in [0.2, 0.25) is 0 Å². The van der Waals surface area contributed by atoms with Crippen LogP contribution in [-0.2, 0) is 5.54 Å². The molecule has 78 valence electrons. The van der Waals surface area contributed by atoms with Crippen LogP contribution >= 0.6 is 11.5 Å². The van der Waals surface area contributed by atoms with E-state index in [1.54, 1.807) is 10.6 Å². The number of aromatic nitrogens is 1. The summed E-state index contributed by atoms with van der Waals surface area (Å²) in [7, 11) is 0. The van der Waals surface area contributed by atoms with E-state index in [4.69, 9.17) is 0 Å². The molecule has 0 radical (unpaired) electrons. The summed E-state index contributed by atoms with van der Waals surface area (Å²) in [5.74, 6) is 0.858. The van der Waals surface area contributed by atoms with Gasteiger partial charge in [-0.25, -0.2) is 0 Å². The smallest absolute Gasteiger partial charge is 0.122 e. The lowest BCUT2D eigenvalue weighted by Crippen LogP contribution is -2.49. The molecule has 0 aliphatic carbocycles. The third-order valence-electron chi connectivity index (χ3n) is 3.74. The van der Waals surface area contributed by atoms with E-state index < -0.39 is 0 Å². The van der Waals surface area contributed by atoms with Crippen molar-refractivity contribution in [3.8, 4) is 0 Å². The lowest BCUT2D eigenvalue weighted by Gasteiger charge is -2.24. The Kier molecular flexibility index (Phi) is 1.83. The second-order valence-electron chi connectivity index (χ2n) is 4.63. The fraction of sp³-hybridized carbons (Fsp3) is 0.818. The molecule has 1 saturated heterocycles. The molecule has 2 nitrogen and oxygen atoms in total. The number of nitrogens with zero attached hydrogens (tertiary/aromatic N) is 1. The highest BCUT2D eigenvalue weighted by Gasteiger charge is 2.60. The maximum absolute atomic E-state index is 3.39. The second-order valence-corrected chi connectivity index (χ2v) is 5.62. The molecule has 1 fully saturated rings. The average molecular weight is 210 g/mol. The molecule has 2 aliphatic heterocycles. The van der Waals surface area contributed by atoms with Crippen molar-refractivity contribution in [1.82, 2.24) is 9.27 Å². The van der Waals surface area contributed by atoms with Crippen LogP contribution in [0.2, 0.25) is 0 Å². The highest BCUT2D eigenvalue weighted by molar-refractivity contribution is 7.09. The van der Waals surface area contributed by atoms with Crippen LogP contribution in [0, 0.1) is 0 Å². The van der Waals surface area contributed by atoms with Gasteiger partial charge in [0, 0.05) is 18.0 Å². The number of fused-ring (bicyclic) bond motifs is 3. The lowest BCUT2D eigenvalue weighted by molar-refractivity contribution is 0.355. The van der Waals surface area contributed by atoms with Gasteiger partial charge in [0.1, 0.15) is 5.54 Å². The second kappa shape index (κ2) is 2.86. The normalized spacial score (nSPS) is 23.3. The standard InChI is InChI=1S/C11H18N2S/c1-3-5-8(4-2)9-10-11(6-12-7-11)13(10)14-9/h8,12H,3-7H2,1-2H3. The number of hydrogen-bond donors (Lipinski definition) is 1. The predicted octanol–water partition coefficient (Wildman–Crippen LogP) is 2.50. The van der Waals surface area contributed by atoms with Crippen LogP contribution in [0.1, 0.15) is 49.6 Å². The van der Waals surface area contributed by atoms with E-state index in [2.05, 4.69) is 23.1 Å². The van der Waals surface area contributed by atoms with E-state index in [0.29, 0.717) is 5.54 Å². The third-order valence-corrected chi connectivity index (χ3v) is 5.18. The quantitative estimate of drug-likeness (QED) is 0.808. The average Bonchev–Trinajstić information content (AvgIpc) is 2.64. The van der Waals surface area contributed by atoms with Crippen molar-refractivity contribution in [3.05, 3.63) is 10.6 Å². The zero-order chi connectivity index (χ0) is 9.76. The van der Waals surface area contributed by atoms with Crippen molar-refractivity contribution in [3.63, 3.8) is 0 Å². The first-order valence-corrected chi connectivity index (χ1v) is 6.54. The monoisotopic (exact) mass is 210 g/mol. The minimum atomic E-state index is 0.515. The molecule has 1 N–H and O–H groups in total. The Hall–Kier alpha value is -0.280. The van der Waals surface area contributed by atoms with Gasteiger partial charge < -0.3 is 5.32 Å². The summed E-state index contributed by atoms with van der Waals surface area (Å²) in [6.07, 6.45) is 4.01. The van der Waals surface area contributed by atoms with Crippen molar-refractivity contribution in [2.75, 3.05) is 13.1 Å². The summed E-state index contributed by atoms with van der Waals surface area (Å²) >= 11 is 2.03. The summed E-state index contributed by atoms with van der Waals surface area (Å²) in [4.78, 5) is 1.72. The number of rotatable bonds is 4. The van der Waals surface area contributed by atoms with Crippen LogP contribution in [0.3, 0.4) is 0 Å². The first kappa shape index (κ1) is 8.98. The Bertz CT molecular complexity index is 346. The molecule has 1 atom stereocenters. The molecule has 2 aliphatic rings. The van der Waals surface area contributed by atoms with Gasteiger partial charge in [-0.1, -0.05) is 31.8 Å². The zero-order valence-corrected chi connectivity index (χ0v) is 9.78. The first-order chi connectivity index (χ1) is 6.83. The van der Waals surface area contributed by atoms with Gasteiger partial charge in [0.05, 0.1) is 5.69 Å². The first-order valence-electron chi connectivity index (χ1n) is 5.77. The van der Waals surface area contributed by atoms with Crippen molar-refractivity contribution >= 4 is 11.5 Å². The molecule has 0 bridgehead atoms. The van der Waals surface area contributed by atoms with E-state index in [0.717, 1.165) is 5.92 Å². The molecule has 0 aromatic carbocycles. The highest BCUT2D eigenvalue weighted by atomic mass is 32.1. The maximum Gasteiger partial charge on any atom is 0.122 e. The lowest BCUT2D eigenvalue weighted by atomic mass is 9.92. The van der Waals surface area contributed by atoms with Crippen LogP contribution in [0.5, 0.6) is 0 Å². The van der Waals surface area contributed by atoms with E-state index in [1.165, 1.54) is 32.4 Å². The SMILES string of the molecule is CCCC(CC)c1sn2c1C21CNC1. The molecule has 3 rings (SSSR count). The fourth-order valence-corrected chi connectivity index (χ4v) is 4.24. The summed E-state index contributed by atoms with van der Waals surface area (Å²) in [5, 5.41) is 3.39. The Morgan fingerprint density at radius 3 is 2.71 bits per heavy atom. The molecule has 14 heavy (non-hydrogen) atoms. The van der Waals surface area contributed by atoms with Crippen LogP contribution in [0.15, 0.2) is 0 Å². The zero-order valence-electron chi connectivity index (χ0n) is 8.97. The maximum atomic E-state index is 3.39. The van der Waals surface area contributed by atoms with E-state index in [9.17, 15) is 0 Å². The van der Waals surface area contributed by atoms with Crippen LogP contribution in [-0.4, -0.2) is 17.0 Å². The molecule has 0 amide bonds. The fourth-order valence-electron chi connectivity index (χ4n) is 2.67. The molecule has 1 spiro atoms. The van der Waals surface area contributed by atoms with Gasteiger partial charge >= 0.3 is 0 Å². The van der Waals surface area contributed by atoms with Crippen molar-refractivity contribution in [2.24, 2.45) is 0 Å². The minimum Gasteiger partial charge on any atom is -0.311 e. The van der Waals surface area contributed by atoms with Crippen molar-refractivity contribution in [1.29, 1.82) is 0 Å². The van der Waals surface area contributed by atoms with Crippen molar-refractivity contribution < 1.29 is 0 Å². The van der Waals surface area contributed by atoms with Crippen molar-refractivity contribution in [2.45, 2.75) is 44.6 Å². The predicted molar refractivity (Wildman–Crippen MR) is 60.2 cm³/mol. The summed E-state index contributed by atoms with van der Waals surface area (Å²) in [5.41, 5.74) is 2.21. The molecule has 1 unspecified atom stereocenters. The van der Waals surface area contributed by atoms with Gasteiger partial charge in [-0.05, 0) is 18.8 Å². The van der Waals surface area contributed by atoms with Gasteiger partial charge in [-0.3, -0.25) is 3.96 Å².